The molecule has 0 radical (unpaired) electrons. The number of nitrogens with two attached hydrogens (primary N) is 1. The predicted octanol–water partition coefficient (Wildman–Crippen LogP) is -0.240. The van der Waals surface area contributed by atoms with Gasteiger partial charge in [0, 0.05) is 12.3 Å². The number of rotatable bonds is 4. The molecule has 0 aliphatic heterocycles. The lowest BCUT2D eigenvalue weighted by atomic mass is 10.4. The molecule has 0 aliphatic carbocycles. The molecular formula is C10H13N3O5. The van der Waals surface area contributed by atoms with Crippen LogP contribution in [0.25, 0.3) is 0 Å². The van der Waals surface area contributed by atoms with Crippen LogP contribution in [0, 0.1) is 0 Å². The van der Waals surface area contributed by atoms with E-state index in [2.05, 4.69) is 9.72 Å². The number of hydrogen-bond acceptors (Lipinski definition) is 7. The number of aromatic hydroxyl groups is 1. The van der Waals surface area contributed by atoms with E-state index in [4.69, 9.17) is 10.5 Å². The van der Waals surface area contributed by atoms with Gasteiger partial charge in [0.25, 0.3) is 5.88 Å². The summed E-state index contributed by atoms with van der Waals surface area (Å²) >= 11 is 0. The standard InChI is InChI=1S/C10H13N3O5/c1-2-17-6-3-4-12-9(8(6)15)18-10(16)13-7(14)5-11/h3-4,15H,2,5,11H2,1H3,(H,13,14,16). The zero-order valence-electron chi connectivity index (χ0n) is 9.67. The zero-order chi connectivity index (χ0) is 13.5. The first-order valence-electron chi connectivity index (χ1n) is 5.11. The lowest BCUT2D eigenvalue weighted by Gasteiger charge is -2.09. The fraction of sp³-hybridized carbons (Fsp3) is 0.300. The summed E-state index contributed by atoms with van der Waals surface area (Å²) in [5.41, 5.74) is 5.00. The van der Waals surface area contributed by atoms with Crippen LogP contribution in [-0.4, -0.2) is 35.2 Å². The molecule has 0 fully saturated rings. The Balaban J connectivity index is 2.75. The van der Waals surface area contributed by atoms with Crippen LogP contribution in [0.15, 0.2) is 12.3 Å². The third-order valence-corrected chi connectivity index (χ3v) is 1.77. The van der Waals surface area contributed by atoms with Gasteiger partial charge in [-0.1, -0.05) is 0 Å². The molecule has 0 unspecified atom stereocenters. The molecule has 0 aromatic carbocycles. The molecule has 0 saturated carbocycles. The fourth-order valence-corrected chi connectivity index (χ4v) is 1.04. The maximum absolute atomic E-state index is 11.2. The quantitative estimate of drug-likeness (QED) is 0.678. The molecule has 1 heterocycles. The summed E-state index contributed by atoms with van der Waals surface area (Å²) in [6.07, 6.45) is 0.208. The lowest BCUT2D eigenvalue weighted by molar-refractivity contribution is -0.118. The van der Waals surface area contributed by atoms with Crippen molar-refractivity contribution in [2.75, 3.05) is 13.2 Å². The van der Waals surface area contributed by atoms with Crippen LogP contribution in [-0.2, 0) is 4.79 Å². The van der Waals surface area contributed by atoms with Gasteiger partial charge in [-0.15, -0.1) is 0 Å². The topological polar surface area (TPSA) is 124 Å². The van der Waals surface area contributed by atoms with Crippen molar-refractivity contribution in [3.05, 3.63) is 12.3 Å². The largest absolute Gasteiger partial charge is 0.501 e. The van der Waals surface area contributed by atoms with Gasteiger partial charge in [-0.3, -0.25) is 10.1 Å². The summed E-state index contributed by atoms with van der Waals surface area (Å²) in [6.45, 7) is 1.70. The normalized spacial score (nSPS) is 9.67. The SMILES string of the molecule is CCOc1ccnc(OC(=O)NC(=O)CN)c1O. The number of hydrogen-bond donors (Lipinski definition) is 3. The maximum atomic E-state index is 11.2. The molecule has 4 N–H and O–H groups in total. The Morgan fingerprint density at radius 3 is 2.89 bits per heavy atom. The smallest absolute Gasteiger partial charge is 0.420 e. The molecule has 0 atom stereocenters. The summed E-state index contributed by atoms with van der Waals surface area (Å²) < 4.78 is 9.71. The van der Waals surface area contributed by atoms with Crippen molar-refractivity contribution in [1.29, 1.82) is 0 Å². The molecule has 18 heavy (non-hydrogen) atoms. The lowest BCUT2D eigenvalue weighted by Crippen LogP contribution is -2.37. The van der Waals surface area contributed by atoms with Crippen LogP contribution < -0.4 is 20.5 Å². The Kier molecular flexibility index (Phi) is 4.88. The van der Waals surface area contributed by atoms with E-state index in [1.165, 1.54) is 12.3 Å². The second kappa shape index (κ2) is 6.40. The number of carbonyl (C=O) groups excluding carboxylic acids is 2. The molecule has 2 amide bonds. The van der Waals surface area contributed by atoms with Crippen molar-refractivity contribution >= 4 is 12.0 Å². The van der Waals surface area contributed by atoms with E-state index in [1.54, 1.807) is 6.92 Å². The highest BCUT2D eigenvalue weighted by Crippen LogP contribution is 2.33. The molecule has 98 valence electrons. The van der Waals surface area contributed by atoms with Crippen molar-refractivity contribution in [1.82, 2.24) is 10.3 Å². The number of nitrogens with one attached hydrogen (secondary N) is 1. The number of imide groups is 1. The summed E-state index contributed by atoms with van der Waals surface area (Å²) in [5, 5.41) is 11.5. The number of nitrogens with zero attached hydrogens (tertiary/aromatic N) is 1. The highest BCUT2D eigenvalue weighted by atomic mass is 16.6. The van der Waals surface area contributed by atoms with Gasteiger partial charge >= 0.3 is 6.09 Å². The van der Waals surface area contributed by atoms with Gasteiger partial charge < -0.3 is 20.3 Å². The number of amides is 2. The zero-order valence-corrected chi connectivity index (χ0v) is 9.67. The van der Waals surface area contributed by atoms with Gasteiger partial charge in [-0.25, -0.2) is 9.78 Å². The van der Waals surface area contributed by atoms with Gasteiger partial charge in [-0.2, -0.15) is 0 Å². The third kappa shape index (κ3) is 3.59. The van der Waals surface area contributed by atoms with Crippen molar-refractivity contribution in [3.63, 3.8) is 0 Å². The summed E-state index contributed by atoms with van der Waals surface area (Å²) in [6, 6.07) is 1.41. The van der Waals surface area contributed by atoms with E-state index in [1.807, 2.05) is 5.32 Å². The average Bonchev–Trinajstić information content (AvgIpc) is 2.34. The maximum Gasteiger partial charge on any atom is 0.420 e. The Hall–Kier alpha value is -2.35. The first-order valence-corrected chi connectivity index (χ1v) is 5.11. The summed E-state index contributed by atoms with van der Waals surface area (Å²) in [4.78, 5) is 25.7. The van der Waals surface area contributed by atoms with E-state index in [-0.39, 0.29) is 18.2 Å². The number of ether oxygens (including phenoxy) is 2. The number of carbonyl (C=O) groups is 2. The first kappa shape index (κ1) is 13.7. The molecule has 0 aliphatic rings. The van der Waals surface area contributed by atoms with Crippen molar-refractivity contribution in [3.8, 4) is 17.4 Å². The van der Waals surface area contributed by atoms with Gasteiger partial charge in [0.2, 0.25) is 11.7 Å². The van der Waals surface area contributed by atoms with Gasteiger partial charge in [0.1, 0.15) is 0 Å². The third-order valence-electron chi connectivity index (χ3n) is 1.77. The molecule has 1 aromatic heterocycles. The minimum atomic E-state index is -1.08. The van der Waals surface area contributed by atoms with Crippen LogP contribution in [0.3, 0.4) is 0 Å². The molecule has 8 heteroatoms. The highest BCUT2D eigenvalue weighted by Gasteiger charge is 2.15. The van der Waals surface area contributed by atoms with E-state index >= 15 is 0 Å². The first-order chi connectivity index (χ1) is 8.58. The van der Waals surface area contributed by atoms with Crippen LogP contribution in [0.5, 0.6) is 17.4 Å². The van der Waals surface area contributed by atoms with Gasteiger partial charge in [0.15, 0.2) is 5.75 Å². The van der Waals surface area contributed by atoms with Crippen LogP contribution in [0.4, 0.5) is 4.79 Å². The van der Waals surface area contributed by atoms with Crippen molar-refractivity contribution < 1.29 is 24.2 Å². The van der Waals surface area contributed by atoms with Crippen LogP contribution in [0.1, 0.15) is 6.92 Å². The van der Waals surface area contributed by atoms with Crippen LogP contribution >= 0.6 is 0 Å². The average molecular weight is 255 g/mol. The minimum Gasteiger partial charge on any atom is -0.501 e. The minimum absolute atomic E-state index is 0.125. The van der Waals surface area contributed by atoms with Gasteiger partial charge in [0.05, 0.1) is 13.2 Å². The van der Waals surface area contributed by atoms with E-state index < -0.39 is 17.7 Å². The molecule has 8 nitrogen and oxygen atoms in total. The Morgan fingerprint density at radius 2 is 2.28 bits per heavy atom. The molecule has 1 aromatic rings. The molecule has 0 bridgehead atoms. The summed E-state index contributed by atoms with van der Waals surface area (Å²) in [5.74, 6) is -1.36. The molecule has 1 rings (SSSR count). The molecule has 0 saturated heterocycles. The fourth-order valence-electron chi connectivity index (χ4n) is 1.04. The molecule has 0 spiro atoms. The number of pyridine rings is 1. The van der Waals surface area contributed by atoms with Crippen LogP contribution in [0.2, 0.25) is 0 Å². The van der Waals surface area contributed by atoms with Gasteiger partial charge in [-0.05, 0) is 6.92 Å². The van der Waals surface area contributed by atoms with E-state index in [0.717, 1.165) is 0 Å². The van der Waals surface area contributed by atoms with E-state index in [9.17, 15) is 14.7 Å². The van der Waals surface area contributed by atoms with Crippen molar-refractivity contribution in [2.45, 2.75) is 6.92 Å². The second-order valence-electron chi connectivity index (χ2n) is 3.04. The number of aromatic nitrogens is 1. The summed E-state index contributed by atoms with van der Waals surface area (Å²) in [7, 11) is 0. The Morgan fingerprint density at radius 1 is 1.56 bits per heavy atom. The molecular weight excluding hydrogens is 242 g/mol. The second-order valence-corrected chi connectivity index (χ2v) is 3.04. The van der Waals surface area contributed by atoms with E-state index in [0.29, 0.717) is 6.61 Å². The highest BCUT2D eigenvalue weighted by molar-refractivity contribution is 5.93. The monoisotopic (exact) mass is 255 g/mol. The predicted molar refractivity (Wildman–Crippen MR) is 60.3 cm³/mol. The Bertz CT molecular complexity index is 449. The Labute approximate surface area is 103 Å². The van der Waals surface area contributed by atoms with Crippen molar-refractivity contribution in [2.24, 2.45) is 5.73 Å².